The molecule has 1 aromatic rings. The molecule has 1 heterocycles. The fourth-order valence-corrected chi connectivity index (χ4v) is 3.83. The normalized spacial score (nSPS) is 26.2. The number of carbonyl (C=O) groups excluding carboxylic acids is 1. The maximum Gasteiger partial charge on any atom is 0.252 e. The summed E-state index contributed by atoms with van der Waals surface area (Å²) in [6, 6.07) is 0. The van der Waals surface area contributed by atoms with E-state index in [1.807, 2.05) is 0 Å². The molecule has 1 unspecified atom stereocenters. The van der Waals surface area contributed by atoms with Crippen LogP contribution >= 0.6 is 0 Å². The molecule has 0 radical (unpaired) electrons. The van der Waals surface area contributed by atoms with E-state index in [-0.39, 0.29) is 11.6 Å². The average molecular weight is 332 g/mol. The fourth-order valence-electron chi connectivity index (χ4n) is 3.83. The smallest absolute Gasteiger partial charge is 0.252 e. The molecule has 0 bridgehead atoms. The molecule has 2 atom stereocenters. The Balaban J connectivity index is 1.78. The number of carbonyl (C=O) groups is 1. The van der Waals surface area contributed by atoms with Crippen LogP contribution in [0.5, 0.6) is 0 Å². The first-order valence-electron chi connectivity index (χ1n) is 9.07. The highest BCUT2D eigenvalue weighted by atomic mass is 16.3. The lowest BCUT2D eigenvalue weighted by Crippen LogP contribution is -2.42. The van der Waals surface area contributed by atoms with Gasteiger partial charge < -0.3 is 16.2 Å². The number of nitrogens with two attached hydrogens (primary N) is 1. The van der Waals surface area contributed by atoms with Crippen molar-refractivity contribution in [2.75, 3.05) is 5.32 Å². The summed E-state index contributed by atoms with van der Waals surface area (Å²) in [7, 11) is 0. The van der Waals surface area contributed by atoms with E-state index in [1.165, 1.54) is 6.42 Å². The van der Waals surface area contributed by atoms with Gasteiger partial charge in [0.15, 0.2) is 0 Å². The lowest BCUT2D eigenvalue weighted by molar-refractivity contribution is 0.0998. The Hall–Kier alpha value is -1.69. The molecule has 1 amide bonds. The minimum absolute atomic E-state index is 0.0595. The molecule has 6 nitrogen and oxygen atoms in total. The van der Waals surface area contributed by atoms with Crippen LogP contribution in [0.3, 0.4) is 0 Å². The molecule has 6 heteroatoms. The molecular formula is C18H28N4O2. The topological polar surface area (TPSA) is 101 Å². The Morgan fingerprint density at radius 1 is 1.38 bits per heavy atom. The molecule has 4 N–H and O–H groups in total. The van der Waals surface area contributed by atoms with Crippen molar-refractivity contribution in [3.05, 3.63) is 17.5 Å². The third-order valence-electron chi connectivity index (χ3n) is 5.49. The predicted molar refractivity (Wildman–Crippen MR) is 92.7 cm³/mol. The van der Waals surface area contributed by atoms with Gasteiger partial charge in [-0.3, -0.25) is 4.79 Å². The van der Waals surface area contributed by atoms with Gasteiger partial charge in [0.05, 0.1) is 17.4 Å². The van der Waals surface area contributed by atoms with Gasteiger partial charge in [-0.25, -0.2) is 9.97 Å². The number of hydrogen-bond donors (Lipinski definition) is 3. The standard InChI is InChI=1S/C18H28N4O2/c1-18(7-4-8-18)22-17-20-11-14(16(19)24)15(21-17)10-12-5-2-3-6-13(23)9-12/h11-13,23H,2-10H2,1H3,(H2,19,24)(H,20,21,22)/t12-,13?/m1/s1. The Kier molecular flexibility index (Phi) is 5.04. The van der Waals surface area contributed by atoms with Gasteiger partial charge in [0.25, 0.3) is 5.91 Å². The van der Waals surface area contributed by atoms with Crippen LogP contribution in [0, 0.1) is 5.92 Å². The summed E-state index contributed by atoms with van der Waals surface area (Å²) in [6.45, 7) is 2.17. The van der Waals surface area contributed by atoms with Gasteiger partial charge >= 0.3 is 0 Å². The van der Waals surface area contributed by atoms with Crippen LogP contribution in [-0.4, -0.2) is 32.6 Å². The molecule has 24 heavy (non-hydrogen) atoms. The highest BCUT2D eigenvalue weighted by Crippen LogP contribution is 2.34. The third-order valence-corrected chi connectivity index (χ3v) is 5.49. The summed E-state index contributed by atoms with van der Waals surface area (Å²) in [5, 5.41) is 13.4. The SMILES string of the molecule is CC1(Nc2ncc(C(N)=O)c(C[C@@H]3CCCCC(O)C3)n2)CCC1. The highest BCUT2D eigenvalue weighted by Gasteiger charge is 2.32. The van der Waals surface area contributed by atoms with Crippen LogP contribution < -0.4 is 11.1 Å². The molecule has 0 spiro atoms. The van der Waals surface area contributed by atoms with Crippen molar-refractivity contribution in [3.8, 4) is 0 Å². The third kappa shape index (κ3) is 4.04. The molecule has 1 aromatic heterocycles. The van der Waals surface area contributed by atoms with Crippen molar-refractivity contribution in [1.29, 1.82) is 0 Å². The molecule has 2 aliphatic rings. The van der Waals surface area contributed by atoms with Crippen molar-refractivity contribution >= 4 is 11.9 Å². The summed E-state index contributed by atoms with van der Waals surface area (Å²) in [4.78, 5) is 20.6. The van der Waals surface area contributed by atoms with Crippen molar-refractivity contribution < 1.29 is 9.90 Å². The number of aliphatic hydroxyl groups is 1. The van der Waals surface area contributed by atoms with Gasteiger partial charge in [0.2, 0.25) is 5.95 Å². The number of primary amides is 1. The molecule has 132 valence electrons. The van der Waals surface area contributed by atoms with Gasteiger partial charge in [-0.2, -0.15) is 0 Å². The maximum absolute atomic E-state index is 11.7. The monoisotopic (exact) mass is 332 g/mol. The van der Waals surface area contributed by atoms with E-state index in [4.69, 9.17) is 5.73 Å². The summed E-state index contributed by atoms with van der Waals surface area (Å²) >= 11 is 0. The van der Waals surface area contributed by atoms with Crippen LogP contribution in [0.25, 0.3) is 0 Å². The predicted octanol–water partition coefficient (Wildman–Crippen LogP) is 2.41. The first-order valence-corrected chi connectivity index (χ1v) is 9.07. The number of anilines is 1. The summed E-state index contributed by atoms with van der Waals surface area (Å²) < 4.78 is 0. The molecule has 2 aliphatic carbocycles. The quantitative estimate of drug-likeness (QED) is 0.719. The van der Waals surface area contributed by atoms with Crippen molar-refractivity contribution in [3.63, 3.8) is 0 Å². The van der Waals surface area contributed by atoms with E-state index in [2.05, 4.69) is 22.2 Å². The Morgan fingerprint density at radius 2 is 2.12 bits per heavy atom. The fraction of sp³-hybridized carbons (Fsp3) is 0.722. The van der Waals surface area contributed by atoms with Gasteiger partial charge in [-0.05, 0) is 57.8 Å². The maximum atomic E-state index is 11.7. The van der Waals surface area contributed by atoms with Gasteiger partial charge in [0.1, 0.15) is 0 Å². The number of hydrogen-bond acceptors (Lipinski definition) is 5. The Bertz CT molecular complexity index is 601. The number of aliphatic hydroxyl groups excluding tert-OH is 1. The minimum Gasteiger partial charge on any atom is -0.393 e. The number of nitrogens with zero attached hydrogens (tertiary/aromatic N) is 2. The zero-order chi connectivity index (χ0) is 17.2. The second-order valence-corrected chi connectivity index (χ2v) is 7.70. The first-order chi connectivity index (χ1) is 11.5. The summed E-state index contributed by atoms with van der Waals surface area (Å²) in [5.41, 5.74) is 6.67. The number of nitrogens with one attached hydrogen (secondary N) is 1. The van der Waals surface area contributed by atoms with E-state index < -0.39 is 5.91 Å². The second-order valence-electron chi connectivity index (χ2n) is 7.70. The van der Waals surface area contributed by atoms with Crippen molar-refractivity contribution in [1.82, 2.24) is 9.97 Å². The van der Waals surface area contributed by atoms with E-state index in [0.29, 0.717) is 29.5 Å². The Labute approximate surface area is 143 Å². The van der Waals surface area contributed by atoms with Crippen LogP contribution in [-0.2, 0) is 6.42 Å². The van der Waals surface area contributed by atoms with Crippen molar-refractivity contribution in [2.24, 2.45) is 11.7 Å². The molecule has 3 rings (SSSR count). The Morgan fingerprint density at radius 3 is 2.79 bits per heavy atom. The van der Waals surface area contributed by atoms with Crippen LogP contribution in [0.15, 0.2) is 6.20 Å². The van der Waals surface area contributed by atoms with Crippen LogP contribution in [0.2, 0.25) is 0 Å². The zero-order valence-corrected chi connectivity index (χ0v) is 14.4. The number of amides is 1. The largest absolute Gasteiger partial charge is 0.393 e. The molecule has 2 fully saturated rings. The van der Waals surface area contributed by atoms with Crippen molar-refractivity contribution in [2.45, 2.75) is 76.4 Å². The molecule has 0 aliphatic heterocycles. The molecule has 2 saturated carbocycles. The van der Waals surface area contributed by atoms with Gasteiger partial charge in [-0.15, -0.1) is 0 Å². The lowest BCUT2D eigenvalue weighted by atomic mass is 9.79. The minimum atomic E-state index is -0.486. The van der Waals surface area contributed by atoms with Crippen LogP contribution in [0.1, 0.15) is 74.3 Å². The highest BCUT2D eigenvalue weighted by molar-refractivity contribution is 5.93. The van der Waals surface area contributed by atoms with Gasteiger partial charge in [-0.1, -0.05) is 12.8 Å². The van der Waals surface area contributed by atoms with E-state index in [9.17, 15) is 9.90 Å². The van der Waals surface area contributed by atoms with Crippen LogP contribution in [0.4, 0.5) is 5.95 Å². The molecular weight excluding hydrogens is 304 g/mol. The molecule has 0 saturated heterocycles. The van der Waals surface area contributed by atoms with E-state index in [0.717, 1.165) is 44.9 Å². The second kappa shape index (κ2) is 7.05. The summed E-state index contributed by atoms with van der Waals surface area (Å²) in [5.74, 6) is 0.426. The summed E-state index contributed by atoms with van der Waals surface area (Å²) in [6.07, 6.45) is 10.3. The molecule has 0 aromatic carbocycles. The average Bonchev–Trinajstić information content (AvgIpc) is 2.69. The lowest BCUT2D eigenvalue weighted by Gasteiger charge is -2.39. The van der Waals surface area contributed by atoms with E-state index in [1.54, 1.807) is 6.20 Å². The number of aromatic nitrogens is 2. The number of rotatable bonds is 5. The van der Waals surface area contributed by atoms with E-state index >= 15 is 0 Å². The zero-order valence-electron chi connectivity index (χ0n) is 14.4. The first kappa shape index (κ1) is 17.1. The van der Waals surface area contributed by atoms with Gasteiger partial charge in [0, 0.05) is 11.7 Å².